The van der Waals surface area contributed by atoms with Gasteiger partial charge in [0.05, 0.1) is 22.6 Å². The molecule has 0 aromatic heterocycles. The van der Waals surface area contributed by atoms with Gasteiger partial charge in [-0.25, -0.2) is 0 Å². The number of rotatable bonds is 3. The summed E-state index contributed by atoms with van der Waals surface area (Å²) in [7, 11) is 0. The molecule has 5 aliphatic carbocycles. The number of fused-ring (bicyclic) bond motifs is 7. The Labute approximate surface area is 285 Å². The number of halogens is 6. The Balaban J connectivity index is 1.29. The van der Waals surface area contributed by atoms with Crippen molar-refractivity contribution < 1.29 is 45.8 Å². The Morgan fingerprint density at radius 3 is 2.02 bits per heavy atom. The summed E-state index contributed by atoms with van der Waals surface area (Å²) in [6.45, 7) is 14.4. The number of aliphatic hydroxyl groups is 1. The van der Waals surface area contributed by atoms with Crippen LogP contribution in [0.15, 0.2) is 29.8 Å². The van der Waals surface area contributed by atoms with Gasteiger partial charge in [-0.15, -0.1) is 0 Å². The number of allylic oxidation sites excluding steroid dienone is 2. The molecule has 0 unspecified atom stereocenters. The van der Waals surface area contributed by atoms with Gasteiger partial charge in [-0.05, 0) is 133 Å². The van der Waals surface area contributed by atoms with E-state index in [2.05, 4.69) is 41.5 Å². The molecule has 5 aliphatic rings. The third kappa shape index (κ3) is 5.42. The molecule has 0 radical (unpaired) electrons. The number of hydrogen-bond donors (Lipinski definition) is 1. The van der Waals surface area contributed by atoms with Crippen LogP contribution in [-0.4, -0.2) is 23.0 Å². The third-order valence-corrected chi connectivity index (χ3v) is 15.1. The van der Waals surface area contributed by atoms with Gasteiger partial charge in [0.25, 0.3) is 0 Å². The molecule has 10 heteroatoms. The first kappa shape index (κ1) is 36.4. The van der Waals surface area contributed by atoms with E-state index < -0.39 is 47.6 Å². The van der Waals surface area contributed by atoms with Gasteiger partial charge < -0.3 is 9.84 Å². The second kappa shape index (κ2) is 11.1. The molecule has 9 atom stereocenters. The molecule has 0 saturated heterocycles. The van der Waals surface area contributed by atoms with Gasteiger partial charge in [0.1, 0.15) is 6.61 Å². The summed E-state index contributed by atoms with van der Waals surface area (Å²) in [4.78, 5) is 28.3. The second-order valence-electron chi connectivity index (χ2n) is 18.1. The van der Waals surface area contributed by atoms with Crippen LogP contribution >= 0.6 is 0 Å². The van der Waals surface area contributed by atoms with Crippen LogP contribution in [0.5, 0.6) is 0 Å². The van der Waals surface area contributed by atoms with Gasteiger partial charge in [-0.1, -0.05) is 47.1 Å². The zero-order chi connectivity index (χ0) is 36.4. The molecule has 49 heavy (non-hydrogen) atoms. The highest BCUT2D eigenvalue weighted by Crippen LogP contribution is 2.75. The average molecular weight is 697 g/mol. The van der Waals surface area contributed by atoms with Crippen LogP contribution in [0.1, 0.15) is 123 Å². The molecule has 272 valence electrons. The zero-order valence-electron chi connectivity index (χ0n) is 29.6. The molecule has 1 aromatic carbocycles. The fourth-order valence-electron chi connectivity index (χ4n) is 11.8. The minimum absolute atomic E-state index is 0.0598. The van der Waals surface area contributed by atoms with E-state index in [-0.39, 0.29) is 62.2 Å². The molecule has 0 aliphatic heterocycles. The molecule has 1 N–H and O–H groups in total. The molecular weight excluding hydrogens is 646 g/mol. The summed E-state index contributed by atoms with van der Waals surface area (Å²) in [5.41, 5.74) is -4.62. The first-order valence-corrected chi connectivity index (χ1v) is 17.7. The van der Waals surface area contributed by atoms with Gasteiger partial charge in [0.15, 0.2) is 5.78 Å². The molecule has 1 aromatic rings. The lowest BCUT2D eigenvalue weighted by atomic mass is 9.33. The molecule has 6 rings (SSSR count). The van der Waals surface area contributed by atoms with E-state index in [1.807, 2.05) is 6.08 Å². The molecular formula is C39H50F6O4. The number of aliphatic hydroxyl groups excluding tert-OH is 1. The Kier molecular flexibility index (Phi) is 8.23. The Morgan fingerprint density at radius 1 is 0.837 bits per heavy atom. The van der Waals surface area contributed by atoms with Crippen molar-refractivity contribution in [2.24, 2.45) is 50.2 Å². The normalized spacial score (nSPS) is 41.8. The van der Waals surface area contributed by atoms with E-state index in [0.29, 0.717) is 37.8 Å². The second-order valence-corrected chi connectivity index (χ2v) is 18.1. The van der Waals surface area contributed by atoms with Crippen molar-refractivity contribution in [3.63, 3.8) is 0 Å². The molecule has 0 heterocycles. The fraction of sp³-hybridized carbons (Fsp3) is 0.744. The van der Waals surface area contributed by atoms with Crippen LogP contribution in [0, 0.1) is 50.2 Å². The summed E-state index contributed by atoms with van der Waals surface area (Å²) < 4.78 is 86.2. The number of benzene rings is 1. The number of ketones is 1. The topological polar surface area (TPSA) is 63.6 Å². The van der Waals surface area contributed by atoms with Crippen molar-refractivity contribution in [3.05, 3.63) is 46.5 Å². The largest absolute Gasteiger partial charge is 0.460 e. The molecule has 4 nitrogen and oxygen atoms in total. The predicted octanol–water partition coefficient (Wildman–Crippen LogP) is 10.1. The van der Waals surface area contributed by atoms with E-state index in [1.165, 1.54) is 0 Å². The molecule has 0 spiro atoms. The van der Waals surface area contributed by atoms with Crippen LogP contribution in [0.25, 0.3) is 0 Å². The minimum Gasteiger partial charge on any atom is -0.460 e. The number of esters is 1. The Hall–Kier alpha value is -2.36. The Morgan fingerprint density at radius 2 is 1.43 bits per heavy atom. The molecule has 0 bridgehead atoms. The average Bonchev–Trinajstić information content (AvgIpc) is 2.99. The van der Waals surface area contributed by atoms with Crippen LogP contribution in [-0.2, 0) is 33.3 Å². The zero-order valence-corrected chi connectivity index (χ0v) is 29.6. The molecule has 4 saturated carbocycles. The van der Waals surface area contributed by atoms with Gasteiger partial charge in [-0.2, -0.15) is 26.3 Å². The third-order valence-electron chi connectivity index (χ3n) is 15.1. The lowest BCUT2D eigenvalue weighted by Gasteiger charge is -2.70. The van der Waals surface area contributed by atoms with Gasteiger partial charge in [0, 0.05) is 5.92 Å². The lowest BCUT2D eigenvalue weighted by molar-refractivity contribution is -0.202. The van der Waals surface area contributed by atoms with Crippen LogP contribution < -0.4 is 0 Å². The first-order chi connectivity index (χ1) is 22.3. The minimum atomic E-state index is -5.00. The van der Waals surface area contributed by atoms with Crippen molar-refractivity contribution in [1.82, 2.24) is 0 Å². The Bertz CT molecular complexity index is 1550. The van der Waals surface area contributed by atoms with Crippen LogP contribution in [0.4, 0.5) is 26.3 Å². The quantitative estimate of drug-likeness (QED) is 0.253. The first-order valence-electron chi connectivity index (χ1n) is 17.7. The van der Waals surface area contributed by atoms with Gasteiger partial charge >= 0.3 is 18.3 Å². The maximum absolute atomic E-state index is 14.5. The maximum atomic E-state index is 14.5. The van der Waals surface area contributed by atoms with Crippen molar-refractivity contribution in [1.29, 1.82) is 0 Å². The number of carbonyl (C=O) groups excluding carboxylic acids is 2. The lowest BCUT2D eigenvalue weighted by Crippen LogP contribution is -2.66. The number of ether oxygens (including phenoxy) is 1. The standard InChI is InChI=1S/C39H50F6O4/c1-32(2)28-8-11-37(7)30(35(28,5)10-9-29(32)47)27(46)19-25-26-20-34(4,13-12-33(26,3)14-15-36(25,37)6)31(48)49-21-22-16-23(38(40,41)42)18-24(17-22)39(43,44)45/h16-19,26,28-30,47H,8-15,20-21H2,1-7H3/t26-,28-,29-,30+,33+,34-,35-,36+,37+/m0/s1. The monoisotopic (exact) mass is 696 g/mol. The van der Waals surface area contributed by atoms with E-state index in [4.69, 9.17) is 4.74 Å². The summed E-state index contributed by atoms with van der Waals surface area (Å²) in [5.74, 6) is -0.637. The summed E-state index contributed by atoms with van der Waals surface area (Å²) in [6, 6.07) is 1.24. The highest BCUT2D eigenvalue weighted by Gasteiger charge is 2.70. The highest BCUT2D eigenvalue weighted by molar-refractivity contribution is 5.95. The SMILES string of the molecule is CC1(C)[C@@H](O)CC[C@]2(C)[C@H]3C(=O)C=C4[C@@H]5C[C@@](C)(C(=O)OCc6cc(C(F)(F)F)cc(C(F)(F)F)c6)CC[C@]5(C)CC[C@@]4(C)[C@]3(C)CC[C@@H]12. The van der Waals surface area contributed by atoms with Crippen molar-refractivity contribution in [2.75, 3.05) is 0 Å². The van der Waals surface area contributed by atoms with Crippen molar-refractivity contribution in [2.45, 2.75) is 131 Å². The summed E-state index contributed by atoms with van der Waals surface area (Å²) in [5, 5.41) is 11.0. The predicted molar refractivity (Wildman–Crippen MR) is 172 cm³/mol. The van der Waals surface area contributed by atoms with Crippen molar-refractivity contribution >= 4 is 11.8 Å². The summed E-state index contributed by atoms with van der Waals surface area (Å²) in [6.07, 6.45) is -1.95. The number of carbonyl (C=O) groups is 2. The fourth-order valence-corrected chi connectivity index (χ4v) is 11.8. The van der Waals surface area contributed by atoms with Crippen LogP contribution in [0.3, 0.4) is 0 Å². The van der Waals surface area contributed by atoms with Gasteiger partial charge in [-0.3, -0.25) is 9.59 Å². The highest BCUT2D eigenvalue weighted by atomic mass is 19.4. The maximum Gasteiger partial charge on any atom is 0.416 e. The van der Waals surface area contributed by atoms with E-state index in [0.717, 1.165) is 37.7 Å². The van der Waals surface area contributed by atoms with E-state index in [9.17, 15) is 41.0 Å². The van der Waals surface area contributed by atoms with E-state index >= 15 is 0 Å². The molecule has 4 fully saturated rings. The van der Waals surface area contributed by atoms with Gasteiger partial charge in [0.2, 0.25) is 0 Å². The van der Waals surface area contributed by atoms with Crippen molar-refractivity contribution in [3.8, 4) is 0 Å². The molecule has 0 amide bonds. The number of hydrogen-bond acceptors (Lipinski definition) is 4. The number of alkyl halides is 6. The van der Waals surface area contributed by atoms with E-state index in [1.54, 1.807) is 6.92 Å². The van der Waals surface area contributed by atoms with Crippen LogP contribution in [0.2, 0.25) is 0 Å². The summed E-state index contributed by atoms with van der Waals surface area (Å²) >= 11 is 0. The smallest absolute Gasteiger partial charge is 0.416 e.